The predicted octanol–water partition coefficient (Wildman–Crippen LogP) is 2.94. The third-order valence-electron chi connectivity index (χ3n) is 3.29. The van der Waals surface area contributed by atoms with Gasteiger partial charge in [-0.2, -0.15) is 0 Å². The van der Waals surface area contributed by atoms with E-state index in [1.807, 2.05) is 43.3 Å². The van der Waals surface area contributed by atoms with Crippen LogP contribution in [0.25, 0.3) is 0 Å². The minimum atomic E-state index is -0.884. The highest BCUT2D eigenvalue weighted by Crippen LogP contribution is 2.15. The molecule has 0 radical (unpaired) electrons. The number of carbonyl (C=O) groups is 2. The maximum absolute atomic E-state index is 12.2. The van der Waals surface area contributed by atoms with Gasteiger partial charge >= 0.3 is 5.97 Å². The van der Waals surface area contributed by atoms with E-state index >= 15 is 0 Å². The topological polar surface area (TPSA) is 58.6 Å². The van der Waals surface area contributed by atoms with Crippen LogP contribution in [0.4, 0.5) is 11.4 Å². The predicted molar refractivity (Wildman–Crippen MR) is 90.7 cm³/mol. The monoisotopic (exact) mass is 312 g/mol. The van der Waals surface area contributed by atoms with Crippen molar-refractivity contribution in [3.8, 4) is 0 Å². The first-order chi connectivity index (χ1) is 11.0. The molecule has 0 aliphatic carbocycles. The van der Waals surface area contributed by atoms with E-state index in [4.69, 9.17) is 4.74 Å². The Hall–Kier alpha value is -2.82. The SMILES string of the molecule is C[C@@H](OC(=O)c1cccc(N(C)C)c1)C(=O)Nc1ccccc1. The summed E-state index contributed by atoms with van der Waals surface area (Å²) in [5.74, 6) is -0.891. The van der Waals surface area contributed by atoms with Crippen molar-refractivity contribution in [1.82, 2.24) is 0 Å². The number of carbonyl (C=O) groups excluding carboxylic acids is 2. The van der Waals surface area contributed by atoms with Gasteiger partial charge in [0.2, 0.25) is 0 Å². The van der Waals surface area contributed by atoms with Crippen LogP contribution in [-0.4, -0.2) is 32.1 Å². The molecule has 2 rings (SSSR count). The lowest BCUT2D eigenvalue weighted by Crippen LogP contribution is -2.30. The minimum Gasteiger partial charge on any atom is -0.449 e. The second-order valence-corrected chi connectivity index (χ2v) is 5.35. The van der Waals surface area contributed by atoms with Gasteiger partial charge in [0, 0.05) is 25.5 Å². The van der Waals surface area contributed by atoms with Gasteiger partial charge in [0.25, 0.3) is 5.91 Å². The second kappa shape index (κ2) is 7.45. The highest BCUT2D eigenvalue weighted by molar-refractivity contribution is 5.97. The first-order valence-corrected chi connectivity index (χ1v) is 7.31. The van der Waals surface area contributed by atoms with E-state index in [1.54, 1.807) is 37.3 Å². The zero-order valence-electron chi connectivity index (χ0n) is 13.4. The van der Waals surface area contributed by atoms with Crippen molar-refractivity contribution in [1.29, 1.82) is 0 Å². The fourth-order valence-electron chi connectivity index (χ4n) is 1.96. The fourth-order valence-corrected chi connectivity index (χ4v) is 1.96. The van der Waals surface area contributed by atoms with Crippen LogP contribution in [0, 0.1) is 0 Å². The van der Waals surface area contributed by atoms with E-state index in [9.17, 15) is 9.59 Å². The first kappa shape index (κ1) is 16.5. The smallest absolute Gasteiger partial charge is 0.338 e. The van der Waals surface area contributed by atoms with Gasteiger partial charge in [0.15, 0.2) is 6.10 Å². The van der Waals surface area contributed by atoms with Crippen LogP contribution < -0.4 is 10.2 Å². The van der Waals surface area contributed by atoms with Crippen molar-refractivity contribution in [2.75, 3.05) is 24.3 Å². The van der Waals surface area contributed by atoms with Gasteiger partial charge in [-0.3, -0.25) is 4.79 Å². The summed E-state index contributed by atoms with van der Waals surface area (Å²) in [4.78, 5) is 26.1. The number of nitrogens with one attached hydrogen (secondary N) is 1. The van der Waals surface area contributed by atoms with Crippen LogP contribution >= 0.6 is 0 Å². The summed E-state index contributed by atoms with van der Waals surface area (Å²) in [6, 6.07) is 16.1. The lowest BCUT2D eigenvalue weighted by atomic mass is 10.2. The van der Waals surface area contributed by atoms with E-state index in [0.29, 0.717) is 11.3 Å². The van der Waals surface area contributed by atoms with Crippen molar-refractivity contribution in [2.24, 2.45) is 0 Å². The van der Waals surface area contributed by atoms with Gasteiger partial charge in [-0.05, 0) is 37.3 Å². The molecular formula is C18H20N2O3. The highest BCUT2D eigenvalue weighted by atomic mass is 16.5. The molecule has 1 N–H and O–H groups in total. The Morgan fingerprint density at radius 3 is 2.39 bits per heavy atom. The quantitative estimate of drug-likeness (QED) is 0.862. The van der Waals surface area contributed by atoms with Crippen LogP contribution in [0.1, 0.15) is 17.3 Å². The Balaban J connectivity index is 1.99. The van der Waals surface area contributed by atoms with Gasteiger partial charge in [-0.15, -0.1) is 0 Å². The third-order valence-corrected chi connectivity index (χ3v) is 3.29. The average molecular weight is 312 g/mol. The van der Waals surface area contributed by atoms with Gasteiger partial charge < -0.3 is 15.0 Å². The molecule has 0 fully saturated rings. The first-order valence-electron chi connectivity index (χ1n) is 7.31. The number of hydrogen-bond acceptors (Lipinski definition) is 4. The molecule has 0 aliphatic rings. The maximum atomic E-state index is 12.2. The Morgan fingerprint density at radius 2 is 1.74 bits per heavy atom. The zero-order valence-corrected chi connectivity index (χ0v) is 13.4. The largest absolute Gasteiger partial charge is 0.449 e. The molecule has 0 saturated heterocycles. The van der Waals surface area contributed by atoms with Crippen LogP contribution in [0.2, 0.25) is 0 Å². The van der Waals surface area contributed by atoms with Crippen molar-refractivity contribution >= 4 is 23.3 Å². The standard InChI is InChI=1S/C18H20N2O3/c1-13(17(21)19-15-9-5-4-6-10-15)23-18(22)14-8-7-11-16(12-14)20(2)3/h4-13H,1-3H3,(H,19,21)/t13-/m1/s1. The fraction of sp³-hybridized carbons (Fsp3) is 0.222. The molecule has 0 aromatic heterocycles. The summed E-state index contributed by atoms with van der Waals surface area (Å²) in [6.45, 7) is 1.55. The number of anilines is 2. The molecule has 2 aromatic carbocycles. The van der Waals surface area contributed by atoms with E-state index in [1.165, 1.54) is 0 Å². The molecule has 1 atom stereocenters. The van der Waals surface area contributed by atoms with Crippen molar-refractivity contribution in [3.05, 3.63) is 60.2 Å². The average Bonchev–Trinajstić information content (AvgIpc) is 2.55. The molecular weight excluding hydrogens is 292 g/mol. The minimum absolute atomic E-state index is 0.367. The molecule has 2 aromatic rings. The number of rotatable bonds is 5. The zero-order chi connectivity index (χ0) is 16.8. The number of ether oxygens (including phenoxy) is 1. The molecule has 0 bridgehead atoms. The molecule has 5 nitrogen and oxygen atoms in total. The molecule has 0 saturated carbocycles. The molecule has 5 heteroatoms. The lowest BCUT2D eigenvalue weighted by Gasteiger charge is -2.15. The van der Waals surface area contributed by atoms with E-state index in [2.05, 4.69) is 5.32 Å². The van der Waals surface area contributed by atoms with E-state index < -0.39 is 12.1 Å². The molecule has 0 heterocycles. The summed E-state index contributed by atoms with van der Waals surface area (Å²) >= 11 is 0. The number of amides is 1. The number of hydrogen-bond donors (Lipinski definition) is 1. The van der Waals surface area contributed by atoms with Crippen LogP contribution in [0.15, 0.2) is 54.6 Å². The number of esters is 1. The normalized spacial score (nSPS) is 11.4. The van der Waals surface area contributed by atoms with Crippen LogP contribution in [-0.2, 0) is 9.53 Å². The summed E-state index contributed by atoms with van der Waals surface area (Å²) in [7, 11) is 3.78. The van der Waals surface area contributed by atoms with Crippen molar-refractivity contribution in [3.63, 3.8) is 0 Å². The molecule has 23 heavy (non-hydrogen) atoms. The molecule has 120 valence electrons. The Kier molecular flexibility index (Phi) is 5.36. The van der Waals surface area contributed by atoms with Gasteiger partial charge in [0.05, 0.1) is 5.56 Å². The summed E-state index contributed by atoms with van der Waals surface area (Å²) in [6.07, 6.45) is -0.884. The highest BCUT2D eigenvalue weighted by Gasteiger charge is 2.19. The van der Waals surface area contributed by atoms with E-state index in [0.717, 1.165) is 5.69 Å². The third kappa shape index (κ3) is 4.57. The number of nitrogens with zero attached hydrogens (tertiary/aromatic N) is 1. The molecule has 0 aliphatic heterocycles. The van der Waals surface area contributed by atoms with Crippen molar-refractivity contribution in [2.45, 2.75) is 13.0 Å². The Morgan fingerprint density at radius 1 is 1.04 bits per heavy atom. The number of benzene rings is 2. The van der Waals surface area contributed by atoms with Crippen LogP contribution in [0.5, 0.6) is 0 Å². The van der Waals surface area contributed by atoms with Gasteiger partial charge in [-0.1, -0.05) is 24.3 Å². The molecule has 0 unspecified atom stereocenters. The lowest BCUT2D eigenvalue weighted by molar-refractivity contribution is -0.123. The van der Waals surface area contributed by atoms with Crippen molar-refractivity contribution < 1.29 is 14.3 Å². The Bertz CT molecular complexity index is 684. The Labute approximate surface area is 135 Å². The summed E-state index contributed by atoms with van der Waals surface area (Å²) in [5.41, 5.74) is 1.96. The second-order valence-electron chi connectivity index (χ2n) is 5.35. The number of para-hydroxylation sites is 1. The summed E-state index contributed by atoms with van der Waals surface area (Å²) in [5, 5.41) is 2.70. The van der Waals surface area contributed by atoms with E-state index in [-0.39, 0.29) is 5.91 Å². The molecule has 0 spiro atoms. The summed E-state index contributed by atoms with van der Waals surface area (Å²) < 4.78 is 5.24. The van der Waals surface area contributed by atoms with Gasteiger partial charge in [0.1, 0.15) is 0 Å². The van der Waals surface area contributed by atoms with Gasteiger partial charge in [-0.25, -0.2) is 4.79 Å². The maximum Gasteiger partial charge on any atom is 0.338 e. The van der Waals surface area contributed by atoms with Crippen LogP contribution in [0.3, 0.4) is 0 Å². The molecule has 1 amide bonds.